The fraction of sp³-hybridized carbons (Fsp3) is 0.800. The van der Waals surface area contributed by atoms with Gasteiger partial charge in [-0.2, -0.15) is 8.78 Å². The second-order valence-electron chi connectivity index (χ2n) is 1.50. The average molecular weight is 175 g/mol. The molecule has 62 valence electrons. The highest BCUT2D eigenvalue weighted by Crippen LogP contribution is 1.98. The van der Waals surface area contributed by atoms with Crippen molar-refractivity contribution in [2.45, 2.75) is 26.4 Å². The summed E-state index contributed by atoms with van der Waals surface area (Å²) in [4.78, 5) is 10.2. The van der Waals surface area contributed by atoms with Crippen molar-refractivity contribution in [2.75, 3.05) is 0 Å². The summed E-state index contributed by atoms with van der Waals surface area (Å²) in [7, 11) is 0. The largest absolute Gasteiger partial charge is 0.403 e. The van der Waals surface area contributed by atoms with Gasteiger partial charge in [0.1, 0.15) is 0 Å². The van der Waals surface area contributed by atoms with Crippen LogP contribution in [0.25, 0.3) is 0 Å². The number of halogens is 3. The molecule has 0 aliphatic heterocycles. The third-order valence-corrected chi connectivity index (χ3v) is 0.675. The number of rotatable bonds is 3. The normalized spacial score (nSPS) is 8.80. The number of ether oxygens (including phenoxy) is 1. The van der Waals surface area contributed by atoms with Gasteiger partial charge in [-0.05, 0) is 6.42 Å². The number of alkyl halides is 2. The first kappa shape index (κ1) is 12.3. The number of hydrogen-bond acceptors (Lipinski definition) is 2. The summed E-state index contributed by atoms with van der Waals surface area (Å²) in [6.45, 7) is -1.25. The Morgan fingerprint density at radius 1 is 1.60 bits per heavy atom. The van der Waals surface area contributed by atoms with E-state index in [1.54, 1.807) is 6.92 Å². The maximum atomic E-state index is 11.2. The smallest absolute Gasteiger partial charge is 0.389 e. The third-order valence-electron chi connectivity index (χ3n) is 0.675. The Balaban J connectivity index is 0. The summed E-state index contributed by atoms with van der Waals surface area (Å²) in [6.07, 6.45) is 0.593. The molecule has 0 atom stereocenters. The van der Waals surface area contributed by atoms with Crippen LogP contribution in [0.15, 0.2) is 0 Å². The summed E-state index contributed by atoms with van der Waals surface area (Å²) in [5.41, 5.74) is 0. The molecule has 0 rings (SSSR count). The Bertz CT molecular complexity index is 97.6. The number of carbonyl (C=O) groups excluding carboxylic acids is 1. The van der Waals surface area contributed by atoms with Gasteiger partial charge in [0.25, 0.3) is 0 Å². The van der Waals surface area contributed by atoms with Crippen molar-refractivity contribution in [1.82, 2.24) is 0 Å². The van der Waals surface area contributed by atoms with Gasteiger partial charge in [0.2, 0.25) is 0 Å². The van der Waals surface area contributed by atoms with E-state index in [1.165, 1.54) is 0 Å². The van der Waals surface area contributed by atoms with Gasteiger partial charge in [-0.3, -0.25) is 4.79 Å². The van der Waals surface area contributed by atoms with E-state index < -0.39 is 12.6 Å². The lowest BCUT2D eigenvalue weighted by Gasteiger charge is -1.98. The van der Waals surface area contributed by atoms with Gasteiger partial charge in [-0.1, -0.05) is 6.92 Å². The van der Waals surface area contributed by atoms with Gasteiger partial charge in [0, 0.05) is 6.42 Å². The molecule has 0 saturated carbocycles. The molecule has 0 N–H and O–H groups in total. The summed E-state index contributed by atoms with van der Waals surface area (Å²) in [5, 5.41) is 0. The van der Waals surface area contributed by atoms with Crippen molar-refractivity contribution in [2.24, 2.45) is 0 Å². The van der Waals surface area contributed by atoms with Gasteiger partial charge >= 0.3 is 12.6 Å². The fourth-order valence-corrected chi connectivity index (χ4v) is 0.362. The van der Waals surface area contributed by atoms with E-state index in [2.05, 4.69) is 4.74 Å². The van der Waals surface area contributed by atoms with Crippen molar-refractivity contribution < 1.29 is 18.3 Å². The van der Waals surface area contributed by atoms with E-state index in [9.17, 15) is 13.6 Å². The van der Waals surface area contributed by atoms with Crippen molar-refractivity contribution in [3.8, 4) is 0 Å². The molecule has 0 aliphatic carbocycles. The van der Waals surface area contributed by atoms with Crippen molar-refractivity contribution in [3.63, 3.8) is 0 Å². The van der Waals surface area contributed by atoms with Crippen LogP contribution in [0, 0.1) is 0 Å². The molecule has 0 bridgehead atoms. The highest BCUT2D eigenvalue weighted by molar-refractivity contribution is 5.85. The van der Waals surface area contributed by atoms with Gasteiger partial charge < -0.3 is 4.74 Å². The molecule has 0 unspecified atom stereocenters. The van der Waals surface area contributed by atoms with Gasteiger partial charge in [-0.25, -0.2) is 0 Å². The number of esters is 1. The standard InChI is InChI=1S/C5H8F2O2.ClH/c1-2-3-4(8)9-5(6)7;/h5H,2-3H2,1H3;1H. The van der Waals surface area contributed by atoms with Crippen LogP contribution in [-0.2, 0) is 9.53 Å². The molecule has 0 aromatic rings. The van der Waals surface area contributed by atoms with E-state index in [4.69, 9.17) is 0 Å². The van der Waals surface area contributed by atoms with Crippen molar-refractivity contribution in [3.05, 3.63) is 0 Å². The Morgan fingerprint density at radius 2 is 2.10 bits per heavy atom. The maximum Gasteiger partial charge on any atom is 0.389 e. The van der Waals surface area contributed by atoms with Crippen LogP contribution in [0.2, 0.25) is 0 Å². The molecule has 2 nitrogen and oxygen atoms in total. The molecule has 10 heavy (non-hydrogen) atoms. The molecule has 0 aromatic carbocycles. The fourth-order valence-electron chi connectivity index (χ4n) is 0.362. The molecule has 0 amide bonds. The van der Waals surface area contributed by atoms with E-state index in [0.29, 0.717) is 6.42 Å². The van der Waals surface area contributed by atoms with Crippen LogP contribution >= 0.6 is 12.4 Å². The zero-order valence-corrected chi connectivity index (χ0v) is 6.29. The molecule has 5 heteroatoms. The summed E-state index contributed by atoms with van der Waals surface area (Å²) in [6, 6.07) is 0. The maximum absolute atomic E-state index is 11.2. The lowest BCUT2D eigenvalue weighted by molar-refractivity contribution is -0.176. The average Bonchev–Trinajstić information content (AvgIpc) is 1.63. The first-order valence-electron chi connectivity index (χ1n) is 2.64. The number of hydrogen-bond donors (Lipinski definition) is 0. The van der Waals surface area contributed by atoms with Crippen LogP contribution < -0.4 is 0 Å². The molecule has 0 saturated heterocycles. The molecule has 0 fully saturated rings. The predicted octanol–water partition coefficient (Wildman–Crippen LogP) is 1.97. The third kappa shape index (κ3) is 7.62. The quantitative estimate of drug-likeness (QED) is 0.612. The van der Waals surface area contributed by atoms with E-state index in [1.807, 2.05) is 0 Å². The first-order chi connectivity index (χ1) is 4.16. The summed E-state index contributed by atoms with van der Waals surface area (Å²) >= 11 is 0. The van der Waals surface area contributed by atoms with Crippen LogP contribution in [0.3, 0.4) is 0 Å². The Labute approximate surface area is 64.0 Å². The second kappa shape index (κ2) is 6.74. The van der Waals surface area contributed by atoms with Gasteiger partial charge in [0.15, 0.2) is 0 Å². The minimum atomic E-state index is -2.97. The lowest BCUT2D eigenvalue weighted by atomic mass is 10.3. The van der Waals surface area contributed by atoms with Crippen molar-refractivity contribution >= 4 is 18.4 Å². The summed E-state index contributed by atoms with van der Waals surface area (Å²) in [5.74, 6) is -0.840. The van der Waals surface area contributed by atoms with E-state index >= 15 is 0 Å². The van der Waals surface area contributed by atoms with Crippen LogP contribution in [-0.4, -0.2) is 12.6 Å². The van der Waals surface area contributed by atoms with Crippen LogP contribution in [0.1, 0.15) is 19.8 Å². The SMILES string of the molecule is CCCC(=O)OC(F)F.Cl. The van der Waals surface area contributed by atoms with E-state index in [0.717, 1.165) is 0 Å². The Kier molecular flexibility index (Phi) is 8.29. The van der Waals surface area contributed by atoms with Gasteiger partial charge in [0.05, 0.1) is 0 Å². The summed E-state index contributed by atoms with van der Waals surface area (Å²) < 4.78 is 25.8. The monoisotopic (exact) mass is 174 g/mol. The predicted molar refractivity (Wildman–Crippen MR) is 34.3 cm³/mol. The highest BCUT2D eigenvalue weighted by Gasteiger charge is 2.07. The van der Waals surface area contributed by atoms with Crippen LogP contribution in [0.5, 0.6) is 0 Å². The van der Waals surface area contributed by atoms with Crippen molar-refractivity contribution in [1.29, 1.82) is 0 Å². The molecular formula is C5H9ClF2O2. The number of carbonyl (C=O) groups is 1. The highest BCUT2D eigenvalue weighted by atomic mass is 35.5. The second-order valence-corrected chi connectivity index (χ2v) is 1.50. The lowest BCUT2D eigenvalue weighted by Crippen LogP contribution is -2.07. The molecule has 0 heterocycles. The molecule has 0 aromatic heterocycles. The minimum absolute atomic E-state index is 0. The van der Waals surface area contributed by atoms with Crippen LogP contribution in [0.4, 0.5) is 8.78 Å². The zero-order chi connectivity index (χ0) is 7.28. The first-order valence-corrected chi connectivity index (χ1v) is 2.64. The Hall–Kier alpha value is -0.380. The topological polar surface area (TPSA) is 26.3 Å². The van der Waals surface area contributed by atoms with E-state index in [-0.39, 0.29) is 18.8 Å². The molecular weight excluding hydrogens is 166 g/mol. The zero-order valence-electron chi connectivity index (χ0n) is 5.47. The molecule has 0 aliphatic rings. The molecule has 0 radical (unpaired) electrons. The Morgan fingerprint density at radius 3 is 2.40 bits per heavy atom. The minimum Gasteiger partial charge on any atom is -0.403 e. The molecule has 0 spiro atoms. The van der Waals surface area contributed by atoms with Gasteiger partial charge in [-0.15, -0.1) is 12.4 Å².